The monoisotopic (exact) mass is 320 g/mol. The predicted octanol–water partition coefficient (Wildman–Crippen LogP) is 3.54. The maximum absolute atomic E-state index is 12.8. The first-order valence-electron chi connectivity index (χ1n) is 5.71. The van der Waals surface area contributed by atoms with Crippen molar-refractivity contribution in [2.45, 2.75) is 18.7 Å². The van der Waals surface area contributed by atoms with E-state index in [-0.39, 0.29) is 11.3 Å². The Balaban J connectivity index is 2.47. The summed E-state index contributed by atoms with van der Waals surface area (Å²) >= 11 is 5.73. The van der Waals surface area contributed by atoms with Crippen molar-refractivity contribution in [3.63, 3.8) is 0 Å². The van der Waals surface area contributed by atoms with Crippen LogP contribution < -0.4 is 0 Å². The molecular weight excluding hydrogens is 312 g/mol. The van der Waals surface area contributed by atoms with Gasteiger partial charge in [-0.25, -0.2) is 9.37 Å². The van der Waals surface area contributed by atoms with E-state index in [4.69, 9.17) is 11.6 Å². The summed E-state index contributed by atoms with van der Waals surface area (Å²) in [7, 11) is 0. The molecule has 0 spiro atoms. The fraction of sp³-hybridized carbons (Fsp3) is 0.231. The van der Waals surface area contributed by atoms with Gasteiger partial charge in [0.15, 0.2) is 0 Å². The van der Waals surface area contributed by atoms with Gasteiger partial charge in [0.1, 0.15) is 22.3 Å². The highest BCUT2D eigenvalue weighted by Gasteiger charge is 2.36. The van der Waals surface area contributed by atoms with Crippen LogP contribution in [-0.4, -0.2) is 15.1 Å². The van der Waals surface area contributed by atoms with Gasteiger partial charge in [-0.3, -0.25) is 4.98 Å². The molecule has 0 aliphatic heterocycles. The topological polar surface area (TPSA) is 46.0 Å². The van der Waals surface area contributed by atoms with Crippen LogP contribution in [0.4, 0.5) is 17.6 Å². The quantitative estimate of drug-likeness (QED) is 0.680. The molecule has 0 saturated carbocycles. The van der Waals surface area contributed by atoms with Crippen molar-refractivity contribution in [2.75, 3.05) is 0 Å². The summed E-state index contributed by atoms with van der Waals surface area (Å²) in [5.41, 5.74) is -3.00. The molecule has 3 nitrogen and oxygen atoms in total. The van der Waals surface area contributed by atoms with E-state index in [0.29, 0.717) is 6.07 Å². The fourth-order valence-electron chi connectivity index (χ4n) is 1.76. The second kappa shape index (κ2) is 5.23. The van der Waals surface area contributed by atoms with Crippen LogP contribution in [0.1, 0.15) is 23.9 Å². The maximum atomic E-state index is 12.8. The predicted molar refractivity (Wildman–Crippen MR) is 67.1 cm³/mol. The Labute approximate surface area is 122 Å². The number of pyridine rings is 2. The lowest BCUT2D eigenvalue weighted by Gasteiger charge is -2.24. The van der Waals surface area contributed by atoms with Crippen LogP contribution >= 0.6 is 11.6 Å². The smallest absolute Gasteiger partial charge is 0.379 e. The van der Waals surface area contributed by atoms with Crippen molar-refractivity contribution in [2.24, 2.45) is 0 Å². The molecule has 8 heteroatoms. The third-order valence-electron chi connectivity index (χ3n) is 2.89. The van der Waals surface area contributed by atoms with Gasteiger partial charge >= 0.3 is 6.18 Å². The molecule has 2 heterocycles. The summed E-state index contributed by atoms with van der Waals surface area (Å²) in [4.78, 5) is 6.94. The molecule has 2 aromatic rings. The SMILES string of the molecule is CC(O)(c1ccc(F)cn1)c1ccc(C(F)(F)F)nc1Cl. The highest BCUT2D eigenvalue weighted by atomic mass is 35.5. The molecule has 1 atom stereocenters. The van der Waals surface area contributed by atoms with E-state index in [2.05, 4.69) is 9.97 Å². The third kappa shape index (κ3) is 3.14. The normalized spacial score (nSPS) is 14.8. The standard InChI is InChI=1S/C13H9ClF4N2O/c1-12(21,9-4-2-7(15)6-19-9)8-3-5-10(13(16,17)18)20-11(8)14/h2-6,21H,1H3. The van der Waals surface area contributed by atoms with E-state index >= 15 is 0 Å². The second-order valence-electron chi connectivity index (χ2n) is 4.47. The number of nitrogens with zero attached hydrogens (tertiary/aromatic N) is 2. The van der Waals surface area contributed by atoms with Crippen molar-refractivity contribution < 1.29 is 22.7 Å². The van der Waals surface area contributed by atoms with Crippen LogP contribution in [0.15, 0.2) is 30.5 Å². The molecule has 0 aliphatic carbocycles. The number of hydrogen-bond acceptors (Lipinski definition) is 3. The Kier molecular flexibility index (Phi) is 3.90. The summed E-state index contributed by atoms with van der Waals surface area (Å²) in [6, 6.07) is 4.01. The van der Waals surface area contributed by atoms with Gasteiger partial charge in [0.05, 0.1) is 11.9 Å². The van der Waals surface area contributed by atoms with E-state index in [1.54, 1.807) is 0 Å². The van der Waals surface area contributed by atoms with E-state index in [9.17, 15) is 22.7 Å². The van der Waals surface area contributed by atoms with Gasteiger partial charge in [-0.05, 0) is 25.1 Å². The van der Waals surface area contributed by atoms with Crippen LogP contribution in [0.5, 0.6) is 0 Å². The molecule has 2 aromatic heterocycles. The lowest BCUT2D eigenvalue weighted by atomic mass is 9.93. The van der Waals surface area contributed by atoms with Gasteiger partial charge in [-0.2, -0.15) is 13.2 Å². The molecule has 0 aromatic carbocycles. The summed E-state index contributed by atoms with van der Waals surface area (Å²) in [6.07, 6.45) is -3.75. The first kappa shape index (κ1) is 15.7. The van der Waals surface area contributed by atoms with Gasteiger partial charge in [0, 0.05) is 5.56 Å². The number of aromatic nitrogens is 2. The molecule has 0 bridgehead atoms. The number of halogens is 5. The Morgan fingerprint density at radius 2 is 1.71 bits per heavy atom. The van der Waals surface area contributed by atoms with Gasteiger partial charge in [-0.1, -0.05) is 17.7 Å². The molecule has 0 radical (unpaired) electrons. The Morgan fingerprint density at radius 3 is 2.19 bits per heavy atom. The van der Waals surface area contributed by atoms with Gasteiger partial charge < -0.3 is 5.11 Å². The van der Waals surface area contributed by atoms with Gasteiger partial charge in [0.25, 0.3) is 0 Å². The molecule has 0 aliphatic rings. The van der Waals surface area contributed by atoms with Crippen LogP contribution in [0, 0.1) is 5.82 Å². The minimum atomic E-state index is -4.64. The van der Waals surface area contributed by atoms with Crippen molar-refractivity contribution >= 4 is 11.6 Å². The molecular formula is C13H9ClF4N2O. The zero-order chi connectivity index (χ0) is 15.8. The maximum Gasteiger partial charge on any atom is 0.433 e. The highest BCUT2D eigenvalue weighted by Crippen LogP contribution is 2.35. The lowest BCUT2D eigenvalue weighted by Crippen LogP contribution is -2.25. The van der Waals surface area contributed by atoms with Crippen LogP contribution in [0.25, 0.3) is 0 Å². The molecule has 21 heavy (non-hydrogen) atoms. The minimum absolute atomic E-state index is 0.0346. The summed E-state index contributed by atoms with van der Waals surface area (Å²) in [5, 5.41) is 9.93. The number of rotatable bonds is 2. The van der Waals surface area contributed by atoms with E-state index in [0.717, 1.165) is 18.3 Å². The zero-order valence-electron chi connectivity index (χ0n) is 10.6. The summed E-state index contributed by atoms with van der Waals surface area (Å²) in [6.45, 7) is 1.28. The van der Waals surface area contributed by atoms with E-state index in [1.807, 2.05) is 0 Å². The molecule has 112 valence electrons. The van der Waals surface area contributed by atoms with E-state index < -0.39 is 28.4 Å². The largest absolute Gasteiger partial charge is 0.433 e. The molecule has 2 rings (SSSR count). The average molecular weight is 321 g/mol. The van der Waals surface area contributed by atoms with Crippen molar-refractivity contribution in [3.8, 4) is 0 Å². The number of hydrogen-bond donors (Lipinski definition) is 1. The van der Waals surface area contributed by atoms with Crippen LogP contribution in [-0.2, 0) is 11.8 Å². The first-order chi connectivity index (χ1) is 9.62. The van der Waals surface area contributed by atoms with Crippen LogP contribution in [0.3, 0.4) is 0 Å². The third-order valence-corrected chi connectivity index (χ3v) is 3.18. The lowest BCUT2D eigenvalue weighted by molar-refractivity contribution is -0.141. The Morgan fingerprint density at radius 1 is 1.10 bits per heavy atom. The molecule has 0 amide bonds. The Bertz CT molecular complexity index is 656. The fourth-order valence-corrected chi connectivity index (χ4v) is 2.10. The molecule has 0 fully saturated rings. The van der Waals surface area contributed by atoms with Crippen molar-refractivity contribution in [1.82, 2.24) is 9.97 Å². The number of alkyl halides is 3. The zero-order valence-corrected chi connectivity index (χ0v) is 11.4. The summed E-state index contributed by atoms with van der Waals surface area (Å²) in [5.74, 6) is -0.605. The van der Waals surface area contributed by atoms with E-state index in [1.165, 1.54) is 13.0 Å². The van der Waals surface area contributed by atoms with Gasteiger partial charge in [0.2, 0.25) is 0 Å². The molecule has 0 saturated heterocycles. The second-order valence-corrected chi connectivity index (χ2v) is 4.82. The minimum Gasteiger partial charge on any atom is -0.379 e. The van der Waals surface area contributed by atoms with Crippen molar-refractivity contribution in [1.29, 1.82) is 0 Å². The number of aliphatic hydroxyl groups is 1. The van der Waals surface area contributed by atoms with Crippen LogP contribution in [0.2, 0.25) is 5.15 Å². The van der Waals surface area contributed by atoms with Gasteiger partial charge in [-0.15, -0.1) is 0 Å². The molecule has 1 N–H and O–H groups in total. The van der Waals surface area contributed by atoms with Crippen molar-refractivity contribution in [3.05, 3.63) is 58.4 Å². The Hall–Kier alpha value is -1.73. The first-order valence-corrected chi connectivity index (χ1v) is 6.09. The molecule has 1 unspecified atom stereocenters. The highest BCUT2D eigenvalue weighted by molar-refractivity contribution is 6.30. The summed E-state index contributed by atoms with van der Waals surface area (Å²) < 4.78 is 50.4. The average Bonchev–Trinajstić information content (AvgIpc) is 2.37.